The Morgan fingerprint density at radius 1 is 0.944 bits per heavy atom. The molecule has 2 heterocycles. The van der Waals surface area contributed by atoms with Gasteiger partial charge in [-0.3, -0.25) is 19.4 Å². The Hall–Kier alpha value is -4.15. The number of barbiturate groups is 1. The molecule has 0 saturated carbocycles. The van der Waals surface area contributed by atoms with Gasteiger partial charge in [-0.15, -0.1) is 0 Å². The van der Waals surface area contributed by atoms with E-state index in [2.05, 4.69) is 0 Å². The minimum atomic E-state index is -1.73. The van der Waals surface area contributed by atoms with E-state index < -0.39 is 47.1 Å². The molecule has 1 fully saturated rings. The predicted octanol–water partition coefficient (Wildman–Crippen LogP) is 3.00. The largest absolute Gasteiger partial charge is 0.711 e. The van der Waals surface area contributed by atoms with Crippen molar-refractivity contribution in [1.29, 1.82) is 0 Å². The van der Waals surface area contributed by atoms with Crippen molar-refractivity contribution in [2.24, 2.45) is 5.92 Å². The van der Waals surface area contributed by atoms with Crippen LogP contribution in [0.2, 0.25) is 0 Å². The number of rotatable bonds is 5. The van der Waals surface area contributed by atoms with Crippen LogP contribution >= 0.6 is 0 Å². The highest BCUT2D eigenvalue weighted by atomic mass is 19.2. The van der Waals surface area contributed by atoms with Crippen LogP contribution in [0.5, 0.6) is 0 Å². The maximum atomic E-state index is 14.4. The number of imide groups is 2. The summed E-state index contributed by atoms with van der Waals surface area (Å²) in [7, 11) is 2.32. The molecule has 3 aromatic rings. The third-order valence-corrected chi connectivity index (χ3v) is 6.65. The fourth-order valence-corrected chi connectivity index (χ4v) is 4.52. The van der Waals surface area contributed by atoms with Crippen molar-refractivity contribution in [3.05, 3.63) is 93.5 Å². The molecule has 188 valence electrons. The highest BCUT2D eigenvalue weighted by molar-refractivity contribution is 6.16. The maximum absolute atomic E-state index is 14.4. The second-order valence-corrected chi connectivity index (χ2v) is 8.73. The molecule has 0 spiro atoms. The fourth-order valence-electron chi connectivity index (χ4n) is 4.52. The molecular weight excluding hydrogens is 477 g/mol. The van der Waals surface area contributed by atoms with Crippen molar-refractivity contribution in [3.8, 4) is 0 Å². The smallest absolute Gasteiger partial charge is 0.332 e. The minimum absolute atomic E-state index is 0.139. The quantitative estimate of drug-likeness (QED) is 0.233. The number of hydrogen-bond donors (Lipinski definition) is 0. The SMILES string of the molecule is Cc1c(C)[n+]([O-])c([C@@H](c2cc(F)c(F)c(F)c2)C2C(=O)N(C)C(=O)N(C)C2=O)n1Cc1ccccc1. The van der Waals surface area contributed by atoms with Crippen molar-refractivity contribution < 1.29 is 32.3 Å². The lowest BCUT2D eigenvalue weighted by molar-refractivity contribution is -0.621. The molecule has 0 bridgehead atoms. The molecule has 1 aliphatic heterocycles. The number of amides is 4. The van der Waals surface area contributed by atoms with Crippen molar-refractivity contribution in [2.45, 2.75) is 26.3 Å². The highest BCUT2D eigenvalue weighted by Gasteiger charge is 2.51. The number of halogens is 3. The first kappa shape index (κ1) is 25.0. The summed E-state index contributed by atoms with van der Waals surface area (Å²) in [5, 5.41) is 13.5. The molecular formula is C25H23F3N4O4. The summed E-state index contributed by atoms with van der Waals surface area (Å²) in [5.41, 5.74) is 1.21. The zero-order valence-corrected chi connectivity index (χ0v) is 20.0. The third-order valence-electron chi connectivity index (χ3n) is 6.65. The van der Waals surface area contributed by atoms with Gasteiger partial charge in [-0.2, -0.15) is 0 Å². The van der Waals surface area contributed by atoms with Crippen LogP contribution in [-0.2, 0) is 16.1 Å². The summed E-state index contributed by atoms with van der Waals surface area (Å²) in [6.07, 6.45) is 0. The van der Waals surface area contributed by atoms with Crippen LogP contribution in [0.15, 0.2) is 42.5 Å². The van der Waals surface area contributed by atoms with Crippen LogP contribution in [0.1, 0.15) is 34.3 Å². The first-order valence-electron chi connectivity index (χ1n) is 11.0. The van der Waals surface area contributed by atoms with E-state index >= 15 is 0 Å². The Morgan fingerprint density at radius 3 is 2.00 bits per heavy atom. The maximum Gasteiger partial charge on any atom is 0.332 e. The first-order chi connectivity index (χ1) is 17.0. The molecule has 4 amide bonds. The van der Waals surface area contributed by atoms with E-state index in [-0.39, 0.29) is 23.6 Å². The third kappa shape index (κ3) is 3.90. The first-order valence-corrected chi connectivity index (χ1v) is 11.0. The van der Waals surface area contributed by atoms with Crippen LogP contribution in [0.3, 0.4) is 0 Å². The van der Waals surface area contributed by atoms with Gasteiger partial charge in [0.25, 0.3) is 5.82 Å². The monoisotopic (exact) mass is 500 g/mol. The molecule has 0 N–H and O–H groups in total. The van der Waals surface area contributed by atoms with E-state index in [9.17, 15) is 32.8 Å². The van der Waals surface area contributed by atoms with Crippen molar-refractivity contribution in [2.75, 3.05) is 14.1 Å². The van der Waals surface area contributed by atoms with Crippen LogP contribution in [-0.4, -0.2) is 46.3 Å². The van der Waals surface area contributed by atoms with Gasteiger partial charge in [0.2, 0.25) is 11.8 Å². The number of urea groups is 1. The van der Waals surface area contributed by atoms with Crippen molar-refractivity contribution in [1.82, 2.24) is 14.4 Å². The summed E-state index contributed by atoms with van der Waals surface area (Å²) >= 11 is 0. The minimum Gasteiger partial charge on any atom is -0.711 e. The van der Waals surface area contributed by atoms with E-state index in [1.54, 1.807) is 41.8 Å². The molecule has 1 aromatic heterocycles. The lowest BCUT2D eigenvalue weighted by Gasteiger charge is -2.36. The number of carbonyl (C=O) groups excluding carboxylic acids is 3. The molecule has 4 rings (SSSR count). The standard InChI is InChI=1S/C25H23F3N4O4/c1-13-14(2)32(36)22(31(13)12-15-8-6-5-7-9-15)19(16-10-17(26)21(28)18(27)11-16)20-23(33)29(3)25(35)30(4)24(20)34/h5-11,19-20H,12H2,1-4H3/t19-/m0/s1. The molecule has 0 radical (unpaired) electrons. The van der Waals surface area contributed by atoms with Gasteiger partial charge in [0.05, 0.1) is 0 Å². The molecule has 0 aliphatic carbocycles. The number of carbonyl (C=O) groups is 3. The lowest BCUT2D eigenvalue weighted by atomic mass is 9.82. The number of nitrogens with zero attached hydrogens (tertiary/aromatic N) is 4. The van der Waals surface area contributed by atoms with E-state index in [4.69, 9.17) is 0 Å². The van der Waals surface area contributed by atoms with Crippen LogP contribution < -0.4 is 4.73 Å². The zero-order chi connectivity index (χ0) is 26.5. The average Bonchev–Trinajstić information content (AvgIpc) is 3.06. The number of hydrogen-bond acceptors (Lipinski definition) is 4. The molecule has 36 heavy (non-hydrogen) atoms. The Morgan fingerprint density at radius 2 is 1.47 bits per heavy atom. The average molecular weight is 500 g/mol. The van der Waals surface area contributed by atoms with E-state index in [1.165, 1.54) is 6.92 Å². The van der Waals surface area contributed by atoms with Crippen LogP contribution in [0.4, 0.5) is 18.0 Å². The van der Waals surface area contributed by atoms with E-state index in [1.807, 2.05) is 0 Å². The molecule has 0 unspecified atom stereocenters. The summed E-state index contributed by atoms with van der Waals surface area (Å²) in [4.78, 5) is 40.3. The second kappa shape index (κ2) is 9.14. The number of benzene rings is 2. The van der Waals surface area contributed by atoms with E-state index in [0.717, 1.165) is 19.7 Å². The topological polar surface area (TPSA) is 89.6 Å². The predicted molar refractivity (Wildman–Crippen MR) is 121 cm³/mol. The number of imidazole rings is 1. The lowest BCUT2D eigenvalue weighted by Crippen LogP contribution is -2.59. The van der Waals surface area contributed by atoms with Gasteiger partial charge in [-0.1, -0.05) is 30.3 Å². The van der Waals surface area contributed by atoms with Crippen LogP contribution in [0.25, 0.3) is 0 Å². The van der Waals surface area contributed by atoms with Gasteiger partial charge < -0.3 is 5.21 Å². The van der Waals surface area contributed by atoms with Gasteiger partial charge in [0.1, 0.15) is 29.8 Å². The summed E-state index contributed by atoms with van der Waals surface area (Å²) in [5.74, 6) is -10.1. The van der Waals surface area contributed by atoms with Gasteiger partial charge in [0.15, 0.2) is 17.5 Å². The Kier molecular flexibility index (Phi) is 6.33. The zero-order valence-electron chi connectivity index (χ0n) is 20.0. The Bertz CT molecular complexity index is 1340. The summed E-state index contributed by atoms with van der Waals surface area (Å²) in [6, 6.07) is 9.42. The Balaban J connectivity index is 2.02. The summed E-state index contributed by atoms with van der Waals surface area (Å²) < 4.78 is 44.6. The number of aromatic nitrogens is 2. The highest BCUT2D eigenvalue weighted by Crippen LogP contribution is 2.37. The van der Waals surface area contributed by atoms with Gasteiger partial charge in [-0.25, -0.2) is 27.3 Å². The molecule has 8 nitrogen and oxygen atoms in total. The van der Waals surface area contributed by atoms with E-state index in [0.29, 0.717) is 32.4 Å². The van der Waals surface area contributed by atoms with Gasteiger partial charge in [-0.05, 0) is 23.3 Å². The van der Waals surface area contributed by atoms with Gasteiger partial charge >= 0.3 is 6.03 Å². The molecule has 1 saturated heterocycles. The molecule has 1 aliphatic rings. The van der Waals surface area contributed by atoms with Gasteiger partial charge in [0, 0.05) is 27.9 Å². The molecule has 2 aromatic carbocycles. The normalized spacial score (nSPS) is 15.7. The fraction of sp³-hybridized carbons (Fsp3) is 0.280. The second-order valence-electron chi connectivity index (χ2n) is 8.73. The molecule has 1 atom stereocenters. The van der Waals surface area contributed by atoms with Crippen molar-refractivity contribution >= 4 is 17.8 Å². The Labute approximate surface area is 204 Å². The van der Waals surface area contributed by atoms with Crippen LogP contribution in [0, 0.1) is 42.4 Å². The van der Waals surface area contributed by atoms with Crippen molar-refractivity contribution in [3.63, 3.8) is 0 Å². The summed E-state index contributed by atoms with van der Waals surface area (Å²) in [6.45, 7) is 3.33. The molecule has 11 heteroatoms.